The molecular weight excluding hydrogens is 278 g/mol. The fourth-order valence-corrected chi connectivity index (χ4v) is 2.07. The minimum atomic E-state index is -0.143. The maximum Gasteiger partial charge on any atom is 0.290 e. The van der Waals surface area contributed by atoms with Gasteiger partial charge in [-0.15, -0.1) is 0 Å². The average molecular weight is 298 g/mol. The molecule has 1 aromatic heterocycles. The number of aryl methyl sites for hydroxylation is 1. The van der Waals surface area contributed by atoms with Crippen molar-refractivity contribution in [2.75, 3.05) is 10.6 Å². The Morgan fingerprint density at radius 2 is 1.68 bits per heavy atom. The molecule has 2 N–H and O–H groups in total. The molecule has 22 heavy (non-hydrogen) atoms. The SMILES string of the molecule is CCc1cc[n+](CC(=O)Nc2cccc(NC(C)=O)c2)cc1. The van der Waals surface area contributed by atoms with Crippen molar-refractivity contribution in [1.82, 2.24) is 0 Å². The lowest BCUT2D eigenvalue weighted by molar-refractivity contribution is -0.684. The van der Waals surface area contributed by atoms with Gasteiger partial charge in [-0.05, 0) is 30.2 Å². The number of anilines is 2. The van der Waals surface area contributed by atoms with Crippen LogP contribution < -0.4 is 15.2 Å². The molecule has 1 aromatic carbocycles. The molecule has 0 aliphatic heterocycles. The van der Waals surface area contributed by atoms with Crippen LogP contribution in [0.15, 0.2) is 48.8 Å². The maximum atomic E-state index is 12.1. The van der Waals surface area contributed by atoms with E-state index in [4.69, 9.17) is 0 Å². The normalized spacial score (nSPS) is 10.1. The van der Waals surface area contributed by atoms with E-state index in [0.717, 1.165) is 6.42 Å². The van der Waals surface area contributed by atoms with Crippen molar-refractivity contribution in [1.29, 1.82) is 0 Å². The molecule has 5 heteroatoms. The molecule has 0 spiro atoms. The Kier molecular flexibility index (Phi) is 5.25. The first-order valence-corrected chi connectivity index (χ1v) is 7.22. The maximum absolute atomic E-state index is 12.1. The second-order valence-corrected chi connectivity index (χ2v) is 5.04. The second kappa shape index (κ2) is 7.36. The lowest BCUT2D eigenvalue weighted by atomic mass is 10.2. The Bertz CT molecular complexity index is 666. The molecule has 2 amide bonds. The Morgan fingerprint density at radius 3 is 2.27 bits per heavy atom. The largest absolute Gasteiger partial charge is 0.326 e. The van der Waals surface area contributed by atoms with Crippen LogP contribution >= 0.6 is 0 Å². The standard InChI is InChI=1S/C17H19N3O2/c1-3-14-7-9-20(10-8-14)12-17(22)19-16-6-4-5-15(11-16)18-13(2)21/h4-11H,3,12H2,1-2H3,(H-,18,19,21,22)/p+1. The van der Waals surface area contributed by atoms with Crippen molar-refractivity contribution < 1.29 is 14.2 Å². The quantitative estimate of drug-likeness (QED) is 0.831. The molecule has 5 nitrogen and oxygen atoms in total. The average Bonchev–Trinajstić information content (AvgIpc) is 2.47. The van der Waals surface area contributed by atoms with Crippen LogP contribution in [0, 0.1) is 0 Å². The van der Waals surface area contributed by atoms with Gasteiger partial charge in [0.05, 0.1) is 0 Å². The van der Waals surface area contributed by atoms with E-state index in [2.05, 4.69) is 17.6 Å². The molecule has 0 saturated carbocycles. The molecule has 114 valence electrons. The topological polar surface area (TPSA) is 62.1 Å². The molecule has 2 rings (SSSR count). The fourth-order valence-electron chi connectivity index (χ4n) is 2.07. The van der Waals surface area contributed by atoms with Gasteiger partial charge in [0, 0.05) is 30.4 Å². The monoisotopic (exact) mass is 298 g/mol. The van der Waals surface area contributed by atoms with Crippen LogP contribution in [-0.4, -0.2) is 11.8 Å². The van der Waals surface area contributed by atoms with Gasteiger partial charge in [-0.2, -0.15) is 4.57 Å². The van der Waals surface area contributed by atoms with E-state index in [-0.39, 0.29) is 18.4 Å². The molecule has 2 aromatic rings. The minimum Gasteiger partial charge on any atom is -0.326 e. The van der Waals surface area contributed by atoms with E-state index in [9.17, 15) is 9.59 Å². The molecule has 0 aliphatic rings. The smallest absolute Gasteiger partial charge is 0.290 e. The van der Waals surface area contributed by atoms with Crippen molar-refractivity contribution in [2.24, 2.45) is 0 Å². The van der Waals surface area contributed by atoms with E-state index in [0.29, 0.717) is 11.4 Å². The number of rotatable bonds is 5. The molecular formula is C17H20N3O2+. The highest BCUT2D eigenvalue weighted by molar-refractivity contribution is 5.92. The molecule has 0 radical (unpaired) electrons. The van der Waals surface area contributed by atoms with E-state index in [1.165, 1.54) is 12.5 Å². The summed E-state index contributed by atoms with van der Waals surface area (Å²) in [7, 11) is 0. The third kappa shape index (κ3) is 4.70. The lowest BCUT2D eigenvalue weighted by Crippen LogP contribution is -2.39. The molecule has 1 heterocycles. The van der Waals surface area contributed by atoms with Crippen LogP contribution in [0.3, 0.4) is 0 Å². The molecule has 0 unspecified atom stereocenters. The van der Waals surface area contributed by atoms with Gasteiger partial charge in [0.25, 0.3) is 5.91 Å². The highest BCUT2D eigenvalue weighted by Crippen LogP contribution is 2.14. The van der Waals surface area contributed by atoms with E-state index in [1.54, 1.807) is 24.3 Å². The molecule has 0 bridgehead atoms. The lowest BCUT2D eigenvalue weighted by Gasteiger charge is -2.06. The van der Waals surface area contributed by atoms with Crippen LogP contribution in [0.25, 0.3) is 0 Å². The summed E-state index contributed by atoms with van der Waals surface area (Å²) in [5.74, 6) is -0.260. The Morgan fingerprint density at radius 1 is 1.05 bits per heavy atom. The van der Waals surface area contributed by atoms with Gasteiger partial charge in [-0.3, -0.25) is 9.59 Å². The number of benzene rings is 1. The molecule has 0 saturated heterocycles. The highest BCUT2D eigenvalue weighted by atomic mass is 16.2. The van der Waals surface area contributed by atoms with Crippen LogP contribution in [0.1, 0.15) is 19.4 Å². The van der Waals surface area contributed by atoms with Crippen molar-refractivity contribution in [3.8, 4) is 0 Å². The predicted molar refractivity (Wildman–Crippen MR) is 85.4 cm³/mol. The van der Waals surface area contributed by atoms with Crippen molar-refractivity contribution in [2.45, 2.75) is 26.8 Å². The zero-order valence-electron chi connectivity index (χ0n) is 12.8. The summed E-state index contributed by atoms with van der Waals surface area (Å²) < 4.78 is 1.83. The number of nitrogens with one attached hydrogen (secondary N) is 2. The molecule has 0 aliphatic carbocycles. The van der Waals surface area contributed by atoms with Crippen LogP contribution in [-0.2, 0) is 22.6 Å². The van der Waals surface area contributed by atoms with Gasteiger partial charge in [0.15, 0.2) is 12.4 Å². The Labute approximate surface area is 130 Å². The Balaban J connectivity index is 1.97. The molecule has 0 atom stereocenters. The van der Waals surface area contributed by atoms with Crippen LogP contribution in [0.5, 0.6) is 0 Å². The number of pyridine rings is 1. The van der Waals surface area contributed by atoms with E-state index < -0.39 is 0 Å². The van der Waals surface area contributed by atoms with Crippen LogP contribution in [0.4, 0.5) is 11.4 Å². The minimum absolute atomic E-state index is 0.116. The predicted octanol–water partition coefficient (Wildman–Crippen LogP) is 2.13. The van der Waals surface area contributed by atoms with Gasteiger partial charge in [-0.1, -0.05) is 13.0 Å². The first-order valence-electron chi connectivity index (χ1n) is 7.22. The summed E-state index contributed by atoms with van der Waals surface area (Å²) in [6.45, 7) is 3.78. The highest BCUT2D eigenvalue weighted by Gasteiger charge is 2.09. The summed E-state index contributed by atoms with van der Waals surface area (Å²) in [5, 5.41) is 5.51. The number of carbonyl (C=O) groups is 2. The van der Waals surface area contributed by atoms with Gasteiger partial charge in [-0.25, -0.2) is 0 Å². The summed E-state index contributed by atoms with van der Waals surface area (Å²) in [6, 6.07) is 11.1. The van der Waals surface area contributed by atoms with E-state index >= 15 is 0 Å². The third-order valence-corrected chi connectivity index (χ3v) is 3.16. The summed E-state index contributed by atoms with van der Waals surface area (Å²) >= 11 is 0. The summed E-state index contributed by atoms with van der Waals surface area (Å²) in [5.41, 5.74) is 2.55. The first-order chi connectivity index (χ1) is 10.6. The third-order valence-electron chi connectivity index (χ3n) is 3.16. The van der Waals surface area contributed by atoms with E-state index in [1.807, 2.05) is 29.1 Å². The van der Waals surface area contributed by atoms with Gasteiger partial charge >= 0.3 is 0 Å². The zero-order chi connectivity index (χ0) is 15.9. The number of amides is 2. The summed E-state index contributed by atoms with van der Waals surface area (Å²) in [4.78, 5) is 23.1. The number of hydrogen-bond donors (Lipinski definition) is 2. The fraction of sp³-hybridized carbons (Fsp3) is 0.235. The number of aromatic nitrogens is 1. The van der Waals surface area contributed by atoms with Crippen molar-refractivity contribution in [3.05, 3.63) is 54.4 Å². The summed E-state index contributed by atoms with van der Waals surface area (Å²) in [6.07, 6.45) is 4.77. The number of carbonyl (C=O) groups excluding carboxylic acids is 2. The molecule has 0 fully saturated rings. The van der Waals surface area contributed by atoms with Crippen molar-refractivity contribution >= 4 is 23.2 Å². The number of nitrogens with zero attached hydrogens (tertiary/aromatic N) is 1. The zero-order valence-corrected chi connectivity index (χ0v) is 12.8. The van der Waals surface area contributed by atoms with Gasteiger partial charge in [0.1, 0.15) is 0 Å². The number of hydrogen-bond acceptors (Lipinski definition) is 2. The van der Waals surface area contributed by atoms with Gasteiger partial charge in [0.2, 0.25) is 12.5 Å². The second-order valence-electron chi connectivity index (χ2n) is 5.04. The Hall–Kier alpha value is -2.69. The van der Waals surface area contributed by atoms with Gasteiger partial charge < -0.3 is 10.6 Å². The van der Waals surface area contributed by atoms with Crippen molar-refractivity contribution in [3.63, 3.8) is 0 Å². The van der Waals surface area contributed by atoms with Crippen LogP contribution in [0.2, 0.25) is 0 Å². The first kappa shape index (κ1) is 15.7.